The second-order valence-electron chi connectivity index (χ2n) is 1.47. The third-order valence-corrected chi connectivity index (χ3v) is 3.20. The summed E-state index contributed by atoms with van der Waals surface area (Å²) in [5.74, 6) is 0. The standard InChI is InChI=1S/C3H2Cl6O/c4-1(5)2(6,10)3(7,8)9/h1,10H. The van der Waals surface area contributed by atoms with Gasteiger partial charge in [0.25, 0.3) is 0 Å². The van der Waals surface area contributed by atoms with Crippen LogP contribution in [-0.2, 0) is 0 Å². The number of halogens is 6. The number of alkyl halides is 6. The summed E-state index contributed by atoms with van der Waals surface area (Å²) in [6.07, 6.45) is 0. The Hall–Kier alpha value is 1.70. The van der Waals surface area contributed by atoms with E-state index in [2.05, 4.69) is 0 Å². The quantitative estimate of drug-likeness (QED) is 0.723. The first-order chi connectivity index (χ1) is 4.19. The molecule has 0 aromatic rings. The van der Waals surface area contributed by atoms with Crippen molar-refractivity contribution in [2.24, 2.45) is 0 Å². The number of hydrogen-bond acceptors (Lipinski definition) is 1. The van der Waals surface area contributed by atoms with E-state index in [0.717, 1.165) is 0 Å². The summed E-state index contributed by atoms with van der Waals surface area (Å²) < 4.78 is -2.11. The molecule has 1 atom stereocenters. The van der Waals surface area contributed by atoms with Gasteiger partial charge in [-0.15, -0.1) is 23.2 Å². The van der Waals surface area contributed by atoms with Crippen molar-refractivity contribution in [3.05, 3.63) is 0 Å². The fourth-order valence-corrected chi connectivity index (χ4v) is 1.11. The summed E-state index contributed by atoms with van der Waals surface area (Å²) in [5.41, 5.74) is 0. The van der Waals surface area contributed by atoms with E-state index in [-0.39, 0.29) is 0 Å². The summed E-state index contributed by atoms with van der Waals surface area (Å²) >= 11 is 31.2. The Kier molecular flexibility index (Phi) is 4.22. The average Bonchev–Trinajstić information content (AvgIpc) is 1.62. The topological polar surface area (TPSA) is 20.2 Å². The molecule has 7 heteroatoms. The molecule has 1 unspecified atom stereocenters. The van der Waals surface area contributed by atoms with E-state index in [9.17, 15) is 0 Å². The molecule has 0 heterocycles. The fourth-order valence-electron chi connectivity index (χ4n) is 0.124. The highest BCUT2D eigenvalue weighted by Gasteiger charge is 2.50. The van der Waals surface area contributed by atoms with Crippen LogP contribution in [0.3, 0.4) is 0 Å². The molecule has 62 valence electrons. The smallest absolute Gasteiger partial charge is 0.235 e. The zero-order valence-corrected chi connectivity index (χ0v) is 8.83. The number of aliphatic hydroxyl groups is 1. The van der Waals surface area contributed by atoms with Gasteiger partial charge in [0.2, 0.25) is 8.85 Å². The minimum Gasteiger partial charge on any atom is -0.369 e. The van der Waals surface area contributed by atoms with E-state index in [0.29, 0.717) is 0 Å². The Labute approximate surface area is 88.1 Å². The van der Waals surface area contributed by atoms with Crippen LogP contribution in [0.2, 0.25) is 0 Å². The highest BCUT2D eigenvalue weighted by molar-refractivity contribution is 6.72. The lowest BCUT2D eigenvalue weighted by Crippen LogP contribution is -2.42. The van der Waals surface area contributed by atoms with E-state index >= 15 is 0 Å². The maximum Gasteiger partial charge on any atom is 0.235 e. The van der Waals surface area contributed by atoms with Crippen LogP contribution in [0.1, 0.15) is 0 Å². The lowest BCUT2D eigenvalue weighted by atomic mass is 10.4. The maximum absolute atomic E-state index is 9.03. The van der Waals surface area contributed by atoms with E-state index in [4.69, 9.17) is 74.7 Å². The van der Waals surface area contributed by atoms with E-state index in [1.54, 1.807) is 0 Å². The van der Waals surface area contributed by atoms with Gasteiger partial charge >= 0.3 is 0 Å². The molecule has 0 fully saturated rings. The molecule has 0 bridgehead atoms. The Morgan fingerprint density at radius 3 is 1.30 bits per heavy atom. The molecule has 1 nitrogen and oxygen atoms in total. The van der Waals surface area contributed by atoms with Crippen molar-refractivity contribution in [3.8, 4) is 0 Å². The monoisotopic (exact) mass is 264 g/mol. The van der Waals surface area contributed by atoms with Gasteiger partial charge in [0.15, 0.2) is 4.84 Å². The molecular weight excluding hydrogens is 265 g/mol. The molecule has 0 saturated heterocycles. The van der Waals surface area contributed by atoms with Crippen LogP contribution in [0.15, 0.2) is 0 Å². The van der Waals surface area contributed by atoms with Crippen LogP contribution in [0.25, 0.3) is 0 Å². The second kappa shape index (κ2) is 3.61. The van der Waals surface area contributed by atoms with Crippen molar-refractivity contribution in [1.82, 2.24) is 0 Å². The highest BCUT2D eigenvalue weighted by atomic mass is 35.6. The minimum absolute atomic E-state index is 1.37. The van der Waals surface area contributed by atoms with Crippen LogP contribution >= 0.6 is 69.6 Å². The van der Waals surface area contributed by atoms with Gasteiger partial charge in [-0.1, -0.05) is 46.4 Å². The summed E-state index contributed by atoms with van der Waals surface area (Å²) in [6, 6.07) is 0. The molecule has 1 N–H and O–H groups in total. The van der Waals surface area contributed by atoms with Crippen molar-refractivity contribution >= 4 is 69.6 Å². The van der Waals surface area contributed by atoms with E-state index < -0.39 is 13.7 Å². The zero-order chi connectivity index (χ0) is 8.58. The Morgan fingerprint density at radius 2 is 1.30 bits per heavy atom. The summed E-state index contributed by atoms with van der Waals surface area (Å²) in [4.78, 5) is -1.37. The van der Waals surface area contributed by atoms with Gasteiger partial charge in [-0.05, 0) is 0 Å². The van der Waals surface area contributed by atoms with Crippen LogP contribution in [0, 0.1) is 0 Å². The van der Waals surface area contributed by atoms with Gasteiger partial charge in [-0.2, -0.15) is 0 Å². The molecule has 0 aliphatic heterocycles. The van der Waals surface area contributed by atoms with Crippen LogP contribution < -0.4 is 0 Å². The molecule has 0 rings (SSSR count). The second-order valence-corrected chi connectivity index (χ2v) is 5.43. The predicted octanol–water partition coefficient (Wildman–Crippen LogP) is 3.09. The lowest BCUT2D eigenvalue weighted by Gasteiger charge is -2.28. The van der Waals surface area contributed by atoms with Gasteiger partial charge in [-0.25, -0.2) is 0 Å². The molecule has 0 aliphatic carbocycles. The van der Waals surface area contributed by atoms with Crippen LogP contribution in [-0.4, -0.2) is 18.8 Å². The first-order valence-corrected chi connectivity index (χ1v) is 4.34. The fraction of sp³-hybridized carbons (Fsp3) is 1.00. The minimum atomic E-state index is -2.26. The summed E-state index contributed by atoms with van der Waals surface area (Å²) in [5, 5.41) is 6.77. The van der Waals surface area contributed by atoms with Crippen LogP contribution in [0.4, 0.5) is 0 Å². The SMILES string of the molecule is OC(Cl)(C(Cl)Cl)C(Cl)(Cl)Cl. The molecule has 0 aromatic heterocycles. The molecule has 0 aromatic carbocycles. The van der Waals surface area contributed by atoms with Gasteiger partial charge in [-0.3, -0.25) is 0 Å². The van der Waals surface area contributed by atoms with E-state index in [1.165, 1.54) is 0 Å². The Balaban J connectivity index is 4.40. The van der Waals surface area contributed by atoms with Gasteiger partial charge in [0.1, 0.15) is 0 Å². The summed E-state index contributed by atoms with van der Waals surface area (Å²) in [6.45, 7) is 0. The van der Waals surface area contributed by atoms with E-state index in [1.807, 2.05) is 0 Å². The molecule has 10 heavy (non-hydrogen) atoms. The Bertz CT molecular complexity index is 115. The lowest BCUT2D eigenvalue weighted by molar-refractivity contribution is 0.147. The maximum atomic E-state index is 9.03. The first-order valence-electron chi connectivity index (χ1n) is 1.95. The zero-order valence-electron chi connectivity index (χ0n) is 4.29. The first kappa shape index (κ1) is 11.7. The van der Waals surface area contributed by atoms with Gasteiger partial charge in [0.05, 0.1) is 0 Å². The highest BCUT2D eigenvalue weighted by Crippen LogP contribution is 2.45. The Morgan fingerprint density at radius 1 is 1.00 bits per heavy atom. The molecule has 0 radical (unpaired) electrons. The predicted molar refractivity (Wildman–Crippen MR) is 46.6 cm³/mol. The van der Waals surface area contributed by atoms with Crippen molar-refractivity contribution < 1.29 is 5.11 Å². The van der Waals surface area contributed by atoms with Crippen molar-refractivity contribution in [2.75, 3.05) is 0 Å². The third kappa shape index (κ3) is 2.63. The normalized spacial score (nSPS) is 19.2. The van der Waals surface area contributed by atoms with Gasteiger partial charge in [0, 0.05) is 0 Å². The third-order valence-electron chi connectivity index (χ3n) is 0.687. The van der Waals surface area contributed by atoms with Crippen LogP contribution in [0.5, 0.6) is 0 Å². The number of hydrogen-bond donors (Lipinski definition) is 1. The molecule has 0 amide bonds. The van der Waals surface area contributed by atoms with Gasteiger partial charge < -0.3 is 5.11 Å². The molecule has 0 spiro atoms. The average molecular weight is 267 g/mol. The molecular formula is C3H2Cl6O. The molecule has 0 aliphatic rings. The summed E-state index contributed by atoms with van der Waals surface area (Å²) in [7, 11) is 0. The van der Waals surface area contributed by atoms with Crippen molar-refractivity contribution in [2.45, 2.75) is 13.7 Å². The largest absolute Gasteiger partial charge is 0.369 e. The molecule has 0 saturated carbocycles. The van der Waals surface area contributed by atoms with Crippen molar-refractivity contribution in [1.29, 1.82) is 0 Å². The van der Waals surface area contributed by atoms with Crippen molar-refractivity contribution in [3.63, 3.8) is 0 Å². The number of rotatable bonds is 1.